The number of aromatic nitrogens is 2. The molecular formula is C12H13FN4O3. The Hall–Kier alpha value is -2.35. The van der Waals surface area contributed by atoms with Crippen LogP contribution in [0.25, 0.3) is 11.5 Å². The first-order valence-electron chi connectivity index (χ1n) is 5.93. The molecule has 7 nitrogen and oxygen atoms in total. The Morgan fingerprint density at radius 3 is 2.70 bits per heavy atom. The molecule has 0 bridgehead atoms. The monoisotopic (exact) mass is 280 g/mol. The fourth-order valence-electron chi connectivity index (χ4n) is 1.59. The molecule has 0 aliphatic rings. The highest BCUT2D eigenvalue weighted by atomic mass is 19.1. The molecule has 0 saturated heterocycles. The normalized spacial score (nSPS) is 12.7. The minimum atomic E-state index is -0.748. The molecule has 1 aromatic heterocycles. The van der Waals surface area contributed by atoms with Gasteiger partial charge in [0.25, 0.3) is 11.6 Å². The number of hydrogen-bond donors (Lipinski definition) is 1. The van der Waals surface area contributed by atoms with Crippen molar-refractivity contribution in [3.05, 3.63) is 40.0 Å². The molecule has 0 aliphatic carbocycles. The van der Waals surface area contributed by atoms with Crippen molar-refractivity contribution >= 4 is 5.69 Å². The van der Waals surface area contributed by atoms with E-state index in [4.69, 9.17) is 10.3 Å². The van der Waals surface area contributed by atoms with Gasteiger partial charge in [0.2, 0.25) is 0 Å². The molecule has 0 radical (unpaired) electrons. The lowest BCUT2D eigenvalue weighted by Gasteiger charge is -2.09. The number of nitrogens with two attached hydrogens (primary N) is 1. The van der Waals surface area contributed by atoms with Gasteiger partial charge in [0.1, 0.15) is 5.82 Å². The van der Waals surface area contributed by atoms with Crippen LogP contribution in [0.1, 0.15) is 25.7 Å². The molecule has 20 heavy (non-hydrogen) atoms. The summed E-state index contributed by atoms with van der Waals surface area (Å²) in [6, 6.07) is 2.66. The Bertz CT molecular complexity index is 641. The number of benzene rings is 1. The first-order valence-corrected chi connectivity index (χ1v) is 5.93. The van der Waals surface area contributed by atoms with Crippen molar-refractivity contribution < 1.29 is 13.8 Å². The lowest BCUT2D eigenvalue weighted by atomic mass is 10.1. The summed E-state index contributed by atoms with van der Waals surface area (Å²) in [4.78, 5) is 14.1. The fourth-order valence-corrected chi connectivity index (χ4v) is 1.59. The highest BCUT2D eigenvalue weighted by Crippen LogP contribution is 2.26. The largest absolute Gasteiger partial charge is 0.334 e. The zero-order chi connectivity index (χ0) is 14.9. The average molecular weight is 280 g/mol. The Morgan fingerprint density at radius 1 is 1.40 bits per heavy atom. The maximum Gasteiger partial charge on any atom is 0.273 e. The zero-order valence-corrected chi connectivity index (χ0v) is 10.9. The fraction of sp³-hybridized carbons (Fsp3) is 0.333. The number of rotatable bonds is 4. The third-order valence-electron chi connectivity index (χ3n) is 2.80. The molecule has 1 atom stereocenters. The molecule has 1 heterocycles. The number of nitrogens with zero attached hydrogens (tertiary/aromatic N) is 3. The van der Waals surface area contributed by atoms with Crippen LogP contribution in [-0.4, -0.2) is 15.1 Å². The molecular weight excluding hydrogens is 267 g/mol. The van der Waals surface area contributed by atoms with Gasteiger partial charge in [-0.1, -0.05) is 19.0 Å². The van der Waals surface area contributed by atoms with E-state index in [2.05, 4.69) is 10.1 Å². The van der Waals surface area contributed by atoms with Gasteiger partial charge in [-0.2, -0.15) is 4.98 Å². The molecule has 0 spiro atoms. The lowest BCUT2D eigenvalue weighted by molar-refractivity contribution is -0.385. The van der Waals surface area contributed by atoms with Crippen LogP contribution in [0.3, 0.4) is 0 Å². The predicted molar refractivity (Wildman–Crippen MR) is 68.1 cm³/mol. The molecule has 2 rings (SSSR count). The summed E-state index contributed by atoms with van der Waals surface area (Å²) in [5, 5.41) is 14.4. The lowest BCUT2D eigenvalue weighted by Crippen LogP contribution is -2.18. The van der Waals surface area contributed by atoms with Crippen LogP contribution in [0, 0.1) is 21.8 Å². The Balaban J connectivity index is 2.39. The van der Waals surface area contributed by atoms with Crippen molar-refractivity contribution in [3.63, 3.8) is 0 Å². The van der Waals surface area contributed by atoms with Crippen molar-refractivity contribution in [2.75, 3.05) is 0 Å². The van der Waals surface area contributed by atoms with Gasteiger partial charge < -0.3 is 10.3 Å². The SMILES string of the molecule is CC(C)C(N)c1noc(-c2cc(F)cc([N+](=O)[O-])c2)n1. The predicted octanol–water partition coefficient (Wildman–Crippen LogP) is 2.44. The molecule has 2 aromatic rings. The number of halogens is 1. The van der Waals surface area contributed by atoms with E-state index in [0.717, 1.165) is 12.1 Å². The topological polar surface area (TPSA) is 108 Å². The molecule has 1 unspecified atom stereocenters. The van der Waals surface area contributed by atoms with Gasteiger partial charge in [-0.05, 0) is 12.0 Å². The number of nitro groups is 1. The number of hydrogen-bond acceptors (Lipinski definition) is 6. The summed E-state index contributed by atoms with van der Waals surface area (Å²) in [7, 11) is 0. The third-order valence-corrected chi connectivity index (χ3v) is 2.80. The van der Waals surface area contributed by atoms with Crippen LogP contribution in [0.4, 0.5) is 10.1 Å². The highest BCUT2D eigenvalue weighted by Gasteiger charge is 2.20. The van der Waals surface area contributed by atoms with E-state index >= 15 is 0 Å². The first-order chi connectivity index (χ1) is 9.38. The summed E-state index contributed by atoms with van der Waals surface area (Å²) < 4.78 is 18.3. The van der Waals surface area contributed by atoms with Crippen LogP contribution in [0.15, 0.2) is 22.7 Å². The van der Waals surface area contributed by atoms with Crippen LogP contribution in [0.5, 0.6) is 0 Å². The van der Waals surface area contributed by atoms with Crippen molar-refractivity contribution in [3.8, 4) is 11.5 Å². The minimum absolute atomic E-state index is 0.00120. The van der Waals surface area contributed by atoms with Crippen molar-refractivity contribution in [2.24, 2.45) is 11.7 Å². The van der Waals surface area contributed by atoms with Crippen LogP contribution >= 0.6 is 0 Å². The van der Waals surface area contributed by atoms with Crippen molar-refractivity contribution in [1.82, 2.24) is 10.1 Å². The summed E-state index contributed by atoms with van der Waals surface area (Å²) in [5.41, 5.74) is 5.63. The average Bonchev–Trinajstić information content (AvgIpc) is 2.86. The van der Waals surface area contributed by atoms with E-state index in [1.807, 2.05) is 13.8 Å². The van der Waals surface area contributed by atoms with Crippen molar-refractivity contribution in [2.45, 2.75) is 19.9 Å². The van der Waals surface area contributed by atoms with E-state index in [9.17, 15) is 14.5 Å². The molecule has 106 valence electrons. The van der Waals surface area contributed by atoms with Crippen LogP contribution < -0.4 is 5.73 Å². The van der Waals surface area contributed by atoms with E-state index in [0.29, 0.717) is 0 Å². The molecule has 0 saturated carbocycles. The van der Waals surface area contributed by atoms with Crippen LogP contribution in [0.2, 0.25) is 0 Å². The van der Waals surface area contributed by atoms with Gasteiger partial charge in [0.05, 0.1) is 17.0 Å². The van der Waals surface area contributed by atoms with E-state index in [-0.39, 0.29) is 28.9 Å². The van der Waals surface area contributed by atoms with Gasteiger partial charge in [-0.3, -0.25) is 10.1 Å². The minimum Gasteiger partial charge on any atom is -0.334 e. The maximum atomic E-state index is 13.3. The van der Waals surface area contributed by atoms with Gasteiger partial charge in [-0.25, -0.2) is 4.39 Å². The smallest absolute Gasteiger partial charge is 0.273 e. The van der Waals surface area contributed by atoms with Gasteiger partial charge >= 0.3 is 0 Å². The van der Waals surface area contributed by atoms with Crippen LogP contribution in [-0.2, 0) is 0 Å². The summed E-state index contributed by atoms with van der Waals surface area (Å²) in [5.74, 6) is -0.370. The number of nitro benzene ring substituents is 1. The third kappa shape index (κ3) is 2.80. The van der Waals surface area contributed by atoms with Gasteiger partial charge in [-0.15, -0.1) is 0 Å². The quantitative estimate of drug-likeness (QED) is 0.680. The zero-order valence-electron chi connectivity index (χ0n) is 10.9. The Labute approximate surface area is 113 Å². The molecule has 0 fully saturated rings. The molecule has 8 heteroatoms. The van der Waals surface area contributed by atoms with Gasteiger partial charge in [0, 0.05) is 11.6 Å². The van der Waals surface area contributed by atoms with Crippen molar-refractivity contribution in [1.29, 1.82) is 0 Å². The second-order valence-electron chi connectivity index (χ2n) is 4.68. The second-order valence-corrected chi connectivity index (χ2v) is 4.68. The first kappa shape index (κ1) is 14.1. The standard InChI is InChI=1S/C12H13FN4O3/c1-6(2)10(14)11-15-12(20-16-11)7-3-8(13)5-9(4-7)17(18)19/h3-6,10H,14H2,1-2H3. The molecule has 1 aromatic carbocycles. The Kier molecular flexibility index (Phi) is 3.75. The second kappa shape index (κ2) is 5.33. The molecule has 0 aliphatic heterocycles. The summed E-state index contributed by atoms with van der Waals surface area (Å²) >= 11 is 0. The maximum absolute atomic E-state index is 13.3. The van der Waals surface area contributed by atoms with E-state index in [1.54, 1.807) is 0 Å². The molecule has 2 N–H and O–H groups in total. The van der Waals surface area contributed by atoms with Gasteiger partial charge in [0.15, 0.2) is 5.82 Å². The van der Waals surface area contributed by atoms with E-state index in [1.165, 1.54) is 6.07 Å². The molecule has 0 amide bonds. The summed E-state index contributed by atoms with van der Waals surface area (Å²) in [6.07, 6.45) is 0. The summed E-state index contributed by atoms with van der Waals surface area (Å²) in [6.45, 7) is 3.79. The Morgan fingerprint density at radius 2 is 2.10 bits per heavy atom. The highest BCUT2D eigenvalue weighted by molar-refractivity contribution is 5.57. The number of non-ortho nitro benzene ring substituents is 1. The van der Waals surface area contributed by atoms with E-state index < -0.39 is 16.8 Å².